The molecule has 1 saturated heterocycles. The van der Waals surface area contributed by atoms with E-state index in [2.05, 4.69) is 5.32 Å². The molecule has 1 fully saturated rings. The minimum Gasteiger partial charge on any atom is -0.341 e. The first-order valence-corrected chi connectivity index (χ1v) is 9.22. The first-order valence-electron chi connectivity index (χ1n) is 8.85. The van der Waals surface area contributed by atoms with E-state index < -0.39 is 6.04 Å². The Labute approximate surface area is 149 Å². The van der Waals surface area contributed by atoms with Gasteiger partial charge in [0.2, 0.25) is 5.91 Å². The van der Waals surface area contributed by atoms with Crippen LogP contribution in [-0.2, 0) is 4.79 Å². The van der Waals surface area contributed by atoms with Gasteiger partial charge < -0.3 is 10.2 Å². The van der Waals surface area contributed by atoms with Crippen LogP contribution in [0.4, 0.5) is 0 Å². The molecule has 0 aromatic heterocycles. The Balaban J connectivity index is 2.09. The van der Waals surface area contributed by atoms with Crippen molar-refractivity contribution >= 4 is 23.4 Å². The lowest BCUT2D eigenvalue weighted by atomic mass is 10.0. The van der Waals surface area contributed by atoms with Crippen LogP contribution in [0, 0.1) is 5.92 Å². The third-order valence-corrected chi connectivity index (χ3v) is 4.84. The highest BCUT2D eigenvalue weighted by Crippen LogP contribution is 2.17. The molecule has 0 unspecified atom stereocenters. The number of amides is 2. The maximum absolute atomic E-state index is 12.9. The molecular weight excluding hydrogens is 324 g/mol. The molecule has 1 aromatic rings. The molecule has 5 heteroatoms. The van der Waals surface area contributed by atoms with E-state index in [-0.39, 0.29) is 17.7 Å². The maximum Gasteiger partial charge on any atom is 0.253 e. The summed E-state index contributed by atoms with van der Waals surface area (Å²) >= 11 is 6.09. The smallest absolute Gasteiger partial charge is 0.253 e. The van der Waals surface area contributed by atoms with Gasteiger partial charge in [-0.2, -0.15) is 0 Å². The molecule has 0 saturated carbocycles. The number of nitrogens with zero attached hydrogens (tertiary/aromatic N) is 1. The van der Waals surface area contributed by atoms with Crippen molar-refractivity contribution in [3.63, 3.8) is 0 Å². The number of likely N-dealkylation sites (tertiary alicyclic amines) is 1. The van der Waals surface area contributed by atoms with Crippen LogP contribution in [0.15, 0.2) is 24.3 Å². The topological polar surface area (TPSA) is 49.4 Å². The van der Waals surface area contributed by atoms with Crippen molar-refractivity contribution in [1.82, 2.24) is 10.2 Å². The van der Waals surface area contributed by atoms with Crippen molar-refractivity contribution in [2.75, 3.05) is 13.1 Å². The Morgan fingerprint density at radius 1 is 1.04 bits per heavy atom. The summed E-state index contributed by atoms with van der Waals surface area (Å²) in [4.78, 5) is 27.4. The lowest BCUT2D eigenvalue weighted by molar-refractivity contribution is -0.134. The Bertz CT molecular complexity index is 566. The monoisotopic (exact) mass is 350 g/mol. The fourth-order valence-electron chi connectivity index (χ4n) is 3.04. The number of rotatable bonds is 4. The molecule has 1 N–H and O–H groups in total. The van der Waals surface area contributed by atoms with E-state index >= 15 is 0 Å². The van der Waals surface area contributed by atoms with E-state index in [1.54, 1.807) is 24.3 Å². The van der Waals surface area contributed by atoms with Gasteiger partial charge in [0.15, 0.2) is 0 Å². The van der Waals surface area contributed by atoms with Gasteiger partial charge in [0.1, 0.15) is 6.04 Å². The van der Waals surface area contributed by atoms with Crippen LogP contribution in [0.3, 0.4) is 0 Å². The van der Waals surface area contributed by atoms with Crippen molar-refractivity contribution < 1.29 is 9.59 Å². The molecule has 0 spiro atoms. The van der Waals surface area contributed by atoms with E-state index in [0.29, 0.717) is 10.6 Å². The minimum atomic E-state index is -0.520. The van der Waals surface area contributed by atoms with Crippen LogP contribution in [0.1, 0.15) is 56.3 Å². The van der Waals surface area contributed by atoms with Crippen LogP contribution >= 0.6 is 11.6 Å². The second-order valence-corrected chi connectivity index (χ2v) is 7.18. The first kappa shape index (κ1) is 18.8. The minimum absolute atomic E-state index is 0.0207. The molecule has 2 amide bonds. The summed E-state index contributed by atoms with van der Waals surface area (Å²) in [5.74, 6) is -0.249. The molecule has 0 aliphatic carbocycles. The number of benzene rings is 1. The SMILES string of the molecule is CC(C)[C@H](NC(=O)c1ccccc1Cl)C(=O)N1CCCCCCC1. The molecule has 0 radical (unpaired) electrons. The van der Waals surface area contributed by atoms with Gasteiger partial charge in [-0.05, 0) is 30.9 Å². The van der Waals surface area contributed by atoms with E-state index in [4.69, 9.17) is 11.6 Å². The standard InChI is InChI=1S/C19H27ClN2O2/c1-14(2)17(19(24)22-12-8-4-3-5-9-13-22)21-18(23)15-10-6-7-11-16(15)20/h6-7,10-11,14,17H,3-5,8-9,12-13H2,1-2H3,(H,21,23)/t17-/m0/s1. The van der Waals surface area contributed by atoms with Crippen molar-refractivity contribution in [1.29, 1.82) is 0 Å². The molecule has 1 heterocycles. The molecule has 1 atom stereocenters. The largest absolute Gasteiger partial charge is 0.341 e. The van der Waals surface area contributed by atoms with Crippen LogP contribution in [0.5, 0.6) is 0 Å². The summed E-state index contributed by atoms with van der Waals surface area (Å²) in [5, 5.41) is 3.29. The molecule has 24 heavy (non-hydrogen) atoms. The molecule has 1 aliphatic heterocycles. The van der Waals surface area contributed by atoms with Crippen LogP contribution in [0.25, 0.3) is 0 Å². The molecule has 132 valence electrons. The highest BCUT2D eigenvalue weighted by molar-refractivity contribution is 6.33. The molecule has 2 rings (SSSR count). The van der Waals surface area contributed by atoms with Gasteiger partial charge in [0.25, 0.3) is 5.91 Å². The molecule has 1 aliphatic rings. The van der Waals surface area contributed by atoms with Gasteiger partial charge >= 0.3 is 0 Å². The zero-order chi connectivity index (χ0) is 17.5. The number of nitrogens with one attached hydrogen (secondary N) is 1. The summed E-state index contributed by atoms with van der Waals surface area (Å²) in [6.07, 6.45) is 5.66. The lowest BCUT2D eigenvalue weighted by Crippen LogP contribution is -2.51. The first-order chi connectivity index (χ1) is 11.5. The van der Waals surface area contributed by atoms with Gasteiger partial charge in [-0.3, -0.25) is 9.59 Å². The zero-order valence-electron chi connectivity index (χ0n) is 14.6. The second-order valence-electron chi connectivity index (χ2n) is 6.77. The predicted molar refractivity (Wildman–Crippen MR) is 97.2 cm³/mol. The summed E-state index contributed by atoms with van der Waals surface area (Å²) in [6.45, 7) is 5.48. The van der Waals surface area contributed by atoms with Gasteiger partial charge in [-0.25, -0.2) is 0 Å². The van der Waals surface area contributed by atoms with Crippen molar-refractivity contribution in [3.8, 4) is 0 Å². The molecule has 0 bridgehead atoms. The van der Waals surface area contributed by atoms with E-state index in [9.17, 15) is 9.59 Å². The average molecular weight is 351 g/mol. The fourth-order valence-corrected chi connectivity index (χ4v) is 3.26. The van der Waals surface area contributed by atoms with E-state index in [0.717, 1.165) is 25.9 Å². The summed E-state index contributed by atoms with van der Waals surface area (Å²) in [5.41, 5.74) is 0.408. The zero-order valence-corrected chi connectivity index (χ0v) is 15.3. The Kier molecular flexibility index (Phi) is 7.10. The molecule has 4 nitrogen and oxygen atoms in total. The Morgan fingerprint density at radius 3 is 2.21 bits per heavy atom. The van der Waals surface area contributed by atoms with Crippen molar-refractivity contribution in [2.45, 2.75) is 52.0 Å². The highest BCUT2D eigenvalue weighted by atomic mass is 35.5. The van der Waals surface area contributed by atoms with E-state index in [1.807, 2.05) is 18.7 Å². The summed E-state index contributed by atoms with van der Waals surface area (Å²) < 4.78 is 0. The van der Waals surface area contributed by atoms with Crippen molar-refractivity contribution in [2.24, 2.45) is 5.92 Å². The Hall–Kier alpha value is -1.55. The Morgan fingerprint density at radius 2 is 1.62 bits per heavy atom. The van der Waals surface area contributed by atoms with Gasteiger partial charge in [-0.1, -0.05) is 56.8 Å². The second kappa shape index (κ2) is 9.07. The van der Waals surface area contributed by atoms with Crippen LogP contribution in [-0.4, -0.2) is 35.8 Å². The third-order valence-electron chi connectivity index (χ3n) is 4.51. The summed E-state index contributed by atoms with van der Waals surface area (Å²) in [7, 11) is 0. The molecule has 1 aromatic carbocycles. The maximum atomic E-state index is 12.9. The quantitative estimate of drug-likeness (QED) is 0.895. The van der Waals surface area contributed by atoms with Crippen LogP contribution in [0.2, 0.25) is 5.02 Å². The normalized spacial score (nSPS) is 17.1. The molecular formula is C19H27ClN2O2. The fraction of sp³-hybridized carbons (Fsp3) is 0.579. The average Bonchev–Trinajstić information content (AvgIpc) is 2.51. The number of carbonyl (C=O) groups excluding carboxylic acids is 2. The van der Waals surface area contributed by atoms with Gasteiger partial charge in [-0.15, -0.1) is 0 Å². The van der Waals surface area contributed by atoms with Crippen molar-refractivity contribution in [3.05, 3.63) is 34.9 Å². The lowest BCUT2D eigenvalue weighted by Gasteiger charge is -2.31. The van der Waals surface area contributed by atoms with Crippen LogP contribution < -0.4 is 5.32 Å². The number of hydrogen-bond acceptors (Lipinski definition) is 2. The summed E-state index contributed by atoms with van der Waals surface area (Å²) in [6, 6.07) is 6.39. The number of carbonyl (C=O) groups is 2. The van der Waals surface area contributed by atoms with Gasteiger partial charge in [0.05, 0.1) is 10.6 Å². The highest BCUT2D eigenvalue weighted by Gasteiger charge is 2.29. The number of halogens is 1. The number of hydrogen-bond donors (Lipinski definition) is 1. The third kappa shape index (κ3) is 4.97. The predicted octanol–water partition coefficient (Wildman–Crippen LogP) is 3.89. The van der Waals surface area contributed by atoms with Gasteiger partial charge in [0, 0.05) is 13.1 Å². The van der Waals surface area contributed by atoms with E-state index in [1.165, 1.54) is 19.3 Å².